The van der Waals surface area contributed by atoms with Crippen molar-refractivity contribution in [2.24, 2.45) is 24.6 Å². The van der Waals surface area contributed by atoms with Gasteiger partial charge in [-0.25, -0.2) is 14.8 Å². The van der Waals surface area contributed by atoms with Crippen molar-refractivity contribution in [3.05, 3.63) is 60.2 Å². The number of imidazole rings is 1. The third-order valence-electron chi connectivity index (χ3n) is 10.0. The number of anilines is 1. The predicted molar refractivity (Wildman–Crippen MR) is 176 cm³/mol. The van der Waals surface area contributed by atoms with Crippen molar-refractivity contribution >= 4 is 39.8 Å². The lowest BCUT2D eigenvalue weighted by Crippen LogP contribution is -2.41. The quantitative estimate of drug-likeness (QED) is 0.249. The minimum atomic E-state index is -0.511. The van der Waals surface area contributed by atoms with E-state index in [4.69, 9.17) is 25.2 Å². The lowest BCUT2D eigenvalue weighted by atomic mass is 10.1. The summed E-state index contributed by atoms with van der Waals surface area (Å²) in [7, 11) is 4.97. The molecule has 11 heteroatoms. The van der Waals surface area contributed by atoms with Crippen LogP contribution in [0.4, 0.5) is 10.5 Å². The Kier molecular flexibility index (Phi) is 6.75. The van der Waals surface area contributed by atoms with Gasteiger partial charge in [-0.05, 0) is 80.0 Å². The van der Waals surface area contributed by atoms with Gasteiger partial charge >= 0.3 is 6.09 Å². The van der Waals surface area contributed by atoms with E-state index < -0.39 is 6.09 Å². The second-order valence-electron chi connectivity index (χ2n) is 12.9. The van der Waals surface area contributed by atoms with E-state index in [1.54, 1.807) is 7.11 Å². The number of hydrogen-bond donors (Lipinski definition) is 2. The molecular formula is C35H37N7O4. The average Bonchev–Trinajstić information content (AvgIpc) is 3.48. The highest BCUT2D eigenvalue weighted by Gasteiger charge is 2.47. The molecule has 2 amide bonds. The van der Waals surface area contributed by atoms with Crippen molar-refractivity contribution < 1.29 is 19.1 Å². The fourth-order valence-electron chi connectivity index (χ4n) is 7.38. The van der Waals surface area contributed by atoms with E-state index in [9.17, 15) is 9.59 Å². The molecule has 11 nitrogen and oxygen atoms in total. The van der Waals surface area contributed by atoms with E-state index >= 15 is 0 Å². The molecule has 2 saturated carbocycles. The largest absolute Gasteiger partial charge is 0.494 e. The van der Waals surface area contributed by atoms with Crippen molar-refractivity contribution in [3.63, 3.8) is 0 Å². The monoisotopic (exact) mass is 619 g/mol. The number of amides is 2. The summed E-state index contributed by atoms with van der Waals surface area (Å²) in [4.78, 5) is 37.5. The van der Waals surface area contributed by atoms with Crippen LogP contribution in [0.1, 0.15) is 36.0 Å². The minimum Gasteiger partial charge on any atom is -0.494 e. The van der Waals surface area contributed by atoms with Crippen LogP contribution >= 0.6 is 0 Å². The van der Waals surface area contributed by atoms with Gasteiger partial charge in [-0.3, -0.25) is 10.1 Å². The van der Waals surface area contributed by atoms with E-state index in [2.05, 4.69) is 26.6 Å². The number of likely N-dealkylation sites (tertiary alicyclic amines) is 1. The molecule has 1 aliphatic heterocycles. The number of fused-ring (bicyclic) bond motifs is 4. The third kappa shape index (κ3) is 4.68. The maximum absolute atomic E-state index is 13.7. The molecule has 5 aromatic rings. The van der Waals surface area contributed by atoms with Gasteiger partial charge in [0.15, 0.2) is 5.82 Å². The summed E-state index contributed by atoms with van der Waals surface area (Å²) in [5.74, 6) is 2.37. The van der Waals surface area contributed by atoms with E-state index in [1.165, 1.54) is 20.0 Å². The summed E-state index contributed by atoms with van der Waals surface area (Å²) in [5.41, 5.74) is 12.8. The molecule has 2 aromatic carbocycles. The third-order valence-corrected chi connectivity index (χ3v) is 10.0. The Morgan fingerprint density at radius 1 is 1.00 bits per heavy atom. The number of benzene rings is 2. The molecule has 2 bridgehead atoms. The molecule has 2 aliphatic carbocycles. The van der Waals surface area contributed by atoms with Crippen molar-refractivity contribution in [2.45, 2.75) is 44.3 Å². The van der Waals surface area contributed by atoms with E-state index in [0.29, 0.717) is 40.9 Å². The molecule has 3 N–H and O–H groups in total. The number of carbonyl (C=O) groups excluding carboxylic acids is 2. The van der Waals surface area contributed by atoms with Gasteiger partial charge in [-0.1, -0.05) is 12.1 Å². The maximum Gasteiger partial charge on any atom is 0.411 e. The molecule has 1 saturated heterocycles. The summed E-state index contributed by atoms with van der Waals surface area (Å²) in [6, 6.07) is 17.7. The number of hydrogen-bond acceptors (Lipinski definition) is 7. The fraction of sp³-hybridized carbons (Fsp3) is 0.371. The average molecular weight is 620 g/mol. The molecule has 3 fully saturated rings. The van der Waals surface area contributed by atoms with E-state index in [-0.39, 0.29) is 18.0 Å². The maximum atomic E-state index is 13.7. The van der Waals surface area contributed by atoms with Crippen LogP contribution in [-0.2, 0) is 18.3 Å². The molecular weight excluding hydrogens is 582 g/mol. The highest BCUT2D eigenvalue weighted by Crippen LogP contribution is 2.40. The van der Waals surface area contributed by atoms with Gasteiger partial charge in [-0.2, -0.15) is 0 Å². The number of nitrogens with zero attached hydrogens (tertiary/aromatic N) is 5. The van der Waals surface area contributed by atoms with Gasteiger partial charge in [0, 0.05) is 54.4 Å². The van der Waals surface area contributed by atoms with Crippen molar-refractivity contribution in [1.82, 2.24) is 24.0 Å². The van der Waals surface area contributed by atoms with Crippen molar-refractivity contribution in [1.29, 1.82) is 0 Å². The second-order valence-corrected chi connectivity index (χ2v) is 12.9. The van der Waals surface area contributed by atoms with Gasteiger partial charge in [0.2, 0.25) is 0 Å². The Morgan fingerprint density at radius 3 is 2.48 bits per heavy atom. The molecule has 8 rings (SSSR count). The molecule has 4 heterocycles. The Bertz CT molecular complexity index is 2010. The minimum absolute atomic E-state index is 0.0104. The Morgan fingerprint density at radius 2 is 1.80 bits per heavy atom. The summed E-state index contributed by atoms with van der Waals surface area (Å²) >= 11 is 0. The first kappa shape index (κ1) is 28.6. The van der Waals surface area contributed by atoms with E-state index in [1.807, 2.05) is 54.4 Å². The lowest BCUT2D eigenvalue weighted by molar-refractivity contribution is 0.0700. The molecule has 3 unspecified atom stereocenters. The van der Waals surface area contributed by atoms with Gasteiger partial charge in [0.1, 0.15) is 16.9 Å². The zero-order valence-corrected chi connectivity index (χ0v) is 26.2. The first-order chi connectivity index (χ1) is 22.3. The number of methoxy groups -OCH3 is 2. The number of ether oxygens (including phenoxy) is 2. The van der Waals surface area contributed by atoms with Crippen LogP contribution in [0.5, 0.6) is 5.75 Å². The lowest BCUT2D eigenvalue weighted by Gasteiger charge is -2.27. The number of aryl methyl sites for hydroxylation is 1. The van der Waals surface area contributed by atoms with Crippen LogP contribution < -0.4 is 15.8 Å². The normalized spacial score (nSPS) is 20.5. The van der Waals surface area contributed by atoms with Gasteiger partial charge < -0.3 is 29.2 Å². The zero-order chi connectivity index (χ0) is 31.7. The Hall–Kier alpha value is -4.90. The molecule has 3 aromatic heterocycles. The first-order valence-electron chi connectivity index (χ1n) is 15.9. The number of piperidine rings is 1. The second kappa shape index (κ2) is 10.9. The summed E-state index contributed by atoms with van der Waals surface area (Å²) < 4.78 is 14.9. The van der Waals surface area contributed by atoms with Gasteiger partial charge in [0.05, 0.1) is 31.1 Å². The number of nitrogens with two attached hydrogens (primary N) is 1. The summed E-state index contributed by atoms with van der Waals surface area (Å²) in [5, 5.41) is 3.71. The van der Waals surface area contributed by atoms with Crippen LogP contribution in [-0.4, -0.2) is 68.9 Å². The van der Waals surface area contributed by atoms with Crippen LogP contribution in [0.25, 0.3) is 44.8 Å². The van der Waals surface area contributed by atoms with Crippen LogP contribution in [0.2, 0.25) is 0 Å². The molecule has 3 aliphatic rings. The fourth-order valence-corrected chi connectivity index (χ4v) is 7.38. The Balaban J connectivity index is 1.19. The van der Waals surface area contributed by atoms with Crippen molar-refractivity contribution in [3.8, 4) is 28.5 Å². The SMILES string of the molecule is COC(=O)Nc1ccc(-c2ccc3cc(-c4nc5cc(C(=O)N6CC7CCC6C7N)cc(OC)c5n4C)n(CC4CC4)c3n2)cc1. The first-order valence-corrected chi connectivity index (χ1v) is 15.9. The van der Waals surface area contributed by atoms with Crippen molar-refractivity contribution in [2.75, 3.05) is 26.1 Å². The number of rotatable bonds is 7. The standard InChI is InChI=1S/C35H37N7O4/c1-40-31-26(14-23(16-29(31)45-2)34(43)42-18-22-9-13-27(42)30(22)36)39-33(40)28-15-21-8-12-25(38-32(21)41(28)17-19-4-5-19)20-6-10-24(11-7-20)37-35(44)46-3/h6-8,10-12,14-16,19,22,27,30H,4-5,9,13,17-18,36H2,1-3H3,(H,37,44). The molecule has 46 heavy (non-hydrogen) atoms. The van der Waals surface area contributed by atoms with Gasteiger partial charge in [-0.15, -0.1) is 0 Å². The highest BCUT2D eigenvalue weighted by molar-refractivity contribution is 6.00. The molecule has 3 atom stereocenters. The zero-order valence-electron chi connectivity index (χ0n) is 26.2. The predicted octanol–water partition coefficient (Wildman–Crippen LogP) is 5.42. The highest BCUT2D eigenvalue weighted by atomic mass is 16.5. The number of nitrogens with one attached hydrogen (secondary N) is 1. The smallest absolute Gasteiger partial charge is 0.411 e. The number of carbonyl (C=O) groups is 2. The molecule has 0 radical (unpaired) electrons. The van der Waals surface area contributed by atoms with Crippen LogP contribution in [0.3, 0.4) is 0 Å². The van der Waals surface area contributed by atoms with Gasteiger partial charge in [0.25, 0.3) is 5.91 Å². The van der Waals surface area contributed by atoms with Crippen LogP contribution in [0, 0.1) is 11.8 Å². The van der Waals surface area contributed by atoms with E-state index in [0.717, 1.165) is 58.7 Å². The molecule has 236 valence electrons. The molecule has 0 spiro atoms. The number of pyridine rings is 1. The summed E-state index contributed by atoms with van der Waals surface area (Å²) in [6.45, 7) is 1.56. The van der Waals surface area contributed by atoms with Crippen LogP contribution in [0.15, 0.2) is 54.6 Å². The topological polar surface area (TPSA) is 130 Å². The number of aromatic nitrogens is 4. The summed E-state index contributed by atoms with van der Waals surface area (Å²) in [6.07, 6.45) is 3.93. The Labute approximate surface area is 266 Å².